The van der Waals surface area contributed by atoms with E-state index < -0.39 is 17.5 Å². The lowest BCUT2D eigenvalue weighted by Crippen LogP contribution is -2.24. The molecule has 102 valence electrons. The Morgan fingerprint density at radius 2 is 1.78 bits per heavy atom. The van der Waals surface area contributed by atoms with Crippen LogP contribution in [-0.4, -0.2) is 6.54 Å². The van der Waals surface area contributed by atoms with Gasteiger partial charge in [0.1, 0.15) is 0 Å². The summed E-state index contributed by atoms with van der Waals surface area (Å²) >= 11 is 0. The molecule has 2 atom stereocenters. The van der Waals surface area contributed by atoms with Gasteiger partial charge in [-0.25, -0.2) is 13.2 Å². The first kappa shape index (κ1) is 15.0. The average molecular weight is 259 g/mol. The predicted octanol–water partition coefficient (Wildman–Crippen LogP) is 4.19. The maximum absolute atomic E-state index is 13.7. The smallest absolute Gasteiger partial charge is 0.194 e. The summed E-state index contributed by atoms with van der Waals surface area (Å²) in [6, 6.07) is 2.03. The van der Waals surface area contributed by atoms with Crippen LogP contribution in [0.25, 0.3) is 0 Å². The minimum atomic E-state index is -1.39. The van der Waals surface area contributed by atoms with E-state index >= 15 is 0 Å². The Hall–Kier alpha value is -1.03. The van der Waals surface area contributed by atoms with Crippen LogP contribution in [0.5, 0.6) is 0 Å². The molecular weight excluding hydrogens is 239 g/mol. The molecule has 1 aromatic rings. The molecule has 0 amide bonds. The maximum atomic E-state index is 13.7. The van der Waals surface area contributed by atoms with Gasteiger partial charge in [-0.05, 0) is 24.9 Å². The van der Waals surface area contributed by atoms with Crippen LogP contribution < -0.4 is 5.32 Å². The van der Waals surface area contributed by atoms with Crippen molar-refractivity contribution in [2.75, 3.05) is 6.54 Å². The van der Waals surface area contributed by atoms with Gasteiger partial charge < -0.3 is 5.32 Å². The second kappa shape index (κ2) is 6.78. The highest BCUT2D eigenvalue weighted by Crippen LogP contribution is 2.27. The van der Waals surface area contributed by atoms with Crippen molar-refractivity contribution in [2.45, 2.75) is 39.7 Å². The highest BCUT2D eigenvalue weighted by atomic mass is 19.2. The number of rotatable bonds is 6. The summed E-state index contributed by atoms with van der Waals surface area (Å²) in [6.45, 7) is 6.67. The van der Waals surface area contributed by atoms with Gasteiger partial charge in [0.25, 0.3) is 0 Å². The summed E-state index contributed by atoms with van der Waals surface area (Å²) in [5.41, 5.74) is 0.205. The highest BCUT2D eigenvalue weighted by molar-refractivity contribution is 5.23. The van der Waals surface area contributed by atoms with Gasteiger partial charge in [0.2, 0.25) is 0 Å². The second-order valence-electron chi connectivity index (χ2n) is 4.62. The van der Waals surface area contributed by atoms with Gasteiger partial charge in [0.15, 0.2) is 17.5 Å². The maximum Gasteiger partial charge on any atom is 0.194 e. The third kappa shape index (κ3) is 3.48. The first-order valence-electron chi connectivity index (χ1n) is 6.37. The van der Waals surface area contributed by atoms with Gasteiger partial charge in [0.05, 0.1) is 0 Å². The first-order valence-corrected chi connectivity index (χ1v) is 6.37. The normalized spacial score (nSPS) is 14.6. The first-order chi connectivity index (χ1) is 8.51. The van der Waals surface area contributed by atoms with Crippen molar-refractivity contribution in [2.24, 2.45) is 5.92 Å². The zero-order valence-electron chi connectivity index (χ0n) is 11.1. The highest BCUT2D eigenvalue weighted by Gasteiger charge is 2.21. The van der Waals surface area contributed by atoms with Crippen LogP contribution >= 0.6 is 0 Å². The number of hydrogen-bond donors (Lipinski definition) is 1. The van der Waals surface area contributed by atoms with Crippen molar-refractivity contribution in [3.05, 3.63) is 35.1 Å². The summed E-state index contributed by atoms with van der Waals surface area (Å²) in [5.74, 6) is -3.22. The van der Waals surface area contributed by atoms with E-state index in [1.807, 2.05) is 6.92 Å². The molecule has 18 heavy (non-hydrogen) atoms. The lowest BCUT2D eigenvalue weighted by Gasteiger charge is -2.22. The molecule has 1 nitrogen and oxygen atoms in total. The van der Waals surface area contributed by atoms with Crippen molar-refractivity contribution >= 4 is 0 Å². The Labute approximate surface area is 106 Å². The molecule has 0 aromatic heterocycles. The van der Waals surface area contributed by atoms with E-state index in [2.05, 4.69) is 19.2 Å². The Balaban J connectivity index is 3.02. The van der Waals surface area contributed by atoms with Crippen LogP contribution in [0, 0.1) is 23.4 Å². The van der Waals surface area contributed by atoms with Crippen molar-refractivity contribution in [3.8, 4) is 0 Å². The topological polar surface area (TPSA) is 12.0 Å². The Kier molecular flexibility index (Phi) is 5.66. The molecule has 0 saturated heterocycles. The standard InChI is InChI=1S/C14H20F3N/c1-4-9(3)8-12(18-5-2)10-6-7-11(15)14(17)13(10)16/h6-7,9,12,18H,4-5,8H2,1-3H3. The molecule has 1 rings (SSSR count). The van der Waals surface area contributed by atoms with Crippen LogP contribution in [0.4, 0.5) is 13.2 Å². The summed E-state index contributed by atoms with van der Waals surface area (Å²) in [6.07, 6.45) is 1.67. The molecule has 0 saturated carbocycles. The van der Waals surface area contributed by atoms with E-state index in [1.54, 1.807) is 0 Å². The van der Waals surface area contributed by atoms with Gasteiger partial charge in [-0.2, -0.15) is 0 Å². The van der Waals surface area contributed by atoms with Gasteiger partial charge in [-0.1, -0.05) is 33.3 Å². The number of hydrogen-bond acceptors (Lipinski definition) is 1. The van der Waals surface area contributed by atoms with Gasteiger partial charge in [0, 0.05) is 11.6 Å². The summed E-state index contributed by atoms with van der Waals surface area (Å²) in [5, 5.41) is 3.12. The lowest BCUT2D eigenvalue weighted by molar-refractivity contribution is 0.381. The molecule has 0 heterocycles. The molecule has 1 aromatic carbocycles. The molecular formula is C14H20F3N. The summed E-state index contributed by atoms with van der Waals surface area (Å²) < 4.78 is 39.9. The van der Waals surface area contributed by atoms with E-state index in [0.29, 0.717) is 18.9 Å². The molecule has 0 aliphatic heterocycles. The van der Waals surface area contributed by atoms with Crippen molar-refractivity contribution in [1.82, 2.24) is 5.32 Å². The Morgan fingerprint density at radius 1 is 1.11 bits per heavy atom. The van der Waals surface area contributed by atoms with E-state index in [9.17, 15) is 13.2 Å². The van der Waals surface area contributed by atoms with Gasteiger partial charge >= 0.3 is 0 Å². The third-order valence-electron chi connectivity index (χ3n) is 3.23. The zero-order chi connectivity index (χ0) is 13.7. The number of nitrogens with one attached hydrogen (secondary N) is 1. The number of benzene rings is 1. The van der Waals surface area contributed by atoms with Crippen molar-refractivity contribution in [1.29, 1.82) is 0 Å². The van der Waals surface area contributed by atoms with Crippen LogP contribution in [0.1, 0.15) is 45.2 Å². The molecule has 4 heteroatoms. The Morgan fingerprint density at radius 3 is 2.33 bits per heavy atom. The second-order valence-corrected chi connectivity index (χ2v) is 4.62. The van der Waals surface area contributed by atoms with Gasteiger partial charge in [-0.15, -0.1) is 0 Å². The minimum absolute atomic E-state index is 0.205. The van der Waals surface area contributed by atoms with E-state index in [4.69, 9.17) is 0 Å². The van der Waals surface area contributed by atoms with Crippen LogP contribution in [0.2, 0.25) is 0 Å². The fourth-order valence-electron chi connectivity index (χ4n) is 1.95. The molecule has 0 spiro atoms. The molecule has 0 radical (unpaired) electrons. The largest absolute Gasteiger partial charge is 0.310 e. The van der Waals surface area contributed by atoms with E-state index in [1.165, 1.54) is 6.07 Å². The fourth-order valence-corrected chi connectivity index (χ4v) is 1.95. The monoisotopic (exact) mass is 259 g/mol. The Bertz CT molecular complexity index is 393. The molecule has 0 bridgehead atoms. The summed E-state index contributed by atoms with van der Waals surface area (Å²) in [7, 11) is 0. The lowest BCUT2D eigenvalue weighted by atomic mass is 9.93. The molecule has 0 aliphatic carbocycles. The SMILES string of the molecule is CCNC(CC(C)CC)c1ccc(F)c(F)c1F. The van der Waals surface area contributed by atoms with Gasteiger partial charge in [-0.3, -0.25) is 0 Å². The van der Waals surface area contributed by atoms with Crippen LogP contribution in [0.3, 0.4) is 0 Å². The minimum Gasteiger partial charge on any atom is -0.310 e. The molecule has 0 fully saturated rings. The quantitative estimate of drug-likeness (QED) is 0.755. The average Bonchev–Trinajstić information content (AvgIpc) is 2.35. The zero-order valence-corrected chi connectivity index (χ0v) is 11.1. The summed E-state index contributed by atoms with van der Waals surface area (Å²) in [4.78, 5) is 0. The van der Waals surface area contributed by atoms with E-state index in [-0.39, 0.29) is 11.6 Å². The van der Waals surface area contributed by atoms with Crippen molar-refractivity contribution < 1.29 is 13.2 Å². The molecule has 2 unspecified atom stereocenters. The van der Waals surface area contributed by atoms with Crippen molar-refractivity contribution in [3.63, 3.8) is 0 Å². The van der Waals surface area contributed by atoms with Crippen LogP contribution in [0.15, 0.2) is 12.1 Å². The molecule has 1 N–H and O–H groups in total. The van der Waals surface area contributed by atoms with E-state index in [0.717, 1.165) is 12.5 Å². The fraction of sp³-hybridized carbons (Fsp3) is 0.571. The third-order valence-corrected chi connectivity index (χ3v) is 3.23. The number of halogens is 3. The molecule has 0 aliphatic rings. The van der Waals surface area contributed by atoms with Crippen LogP contribution in [-0.2, 0) is 0 Å². The predicted molar refractivity (Wildman–Crippen MR) is 66.8 cm³/mol.